The zero-order chi connectivity index (χ0) is 23.3. The second kappa shape index (κ2) is 8.44. The summed E-state index contributed by atoms with van der Waals surface area (Å²) in [5.74, 6) is 0.509. The number of Topliss-reactive ketones (excluding diaryl/α,β-unsaturated/α-hetero) is 1. The van der Waals surface area contributed by atoms with Gasteiger partial charge in [-0.05, 0) is 37.5 Å². The third-order valence-electron chi connectivity index (χ3n) is 5.40. The van der Waals surface area contributed by atoms with Crippen molar-refractivity contribution in [2.24, 2.45) is 5.92 Å². The van der Waals surface area contributed by atoms with Crippen LogP contribution in [0.2, 0.25) is 15.1 Å². The first-order chi connectivity index (χ1) is 15.8. The number of rotatable bonds is 5. The van der Waals surface area contributed by atoms with Gasteiger partial charge in [0.2, 0.25) is 5.82 Å². The molecule has 8 nitrogen and oxygen atoms in total. The molecule has 1 fully saturated rings. The fourth-order valence-corrected chi connectivity index (χ4v) is 4.63. The van der Waals surface area contributed by atoms with Crippen molar-refractivity contribution in [1.29, 1.82) is 0 Å². The lowest BCUT2D eigenvalue weighted by molar-refractivity contribution is 0.0965. The van der Waals surface area contributed by atoms with Crippen LogP contribution in [0.3, 0.4) is 0 Å². The summed E-state index contributed by atoms with van der Waals surface area (Å²) in [6.07, 6.45) is 2.77. The lowest BCUT2D eigenvalue weighted by Gasteiger charge is -2.10. The fourth-order valence-electron chi connectivity index (χ4n) is 3.83. The third-order valence-corrected chi connectivity index (χ3v) is 6.30. The van der Waals surface area contributed by atoms with Gasteiger partial charge in [-0.25, -0.2) is 9.50 Å². The summed E-state index contributed by atoms with van der Waals surface area (Å²) in [4.78, 5) is 21.6. The van der Waals surface area contributed by atoms with Crippen molar-refractivity contribution in [1.82, 2.24) is 30.1 Å². The van der Waals surface area contributed by atoms with Crippen LogP contribution in [-0.4, -0.2) is 37.1 Å². The molecule has 0 saturated carbocycles. The third kappa shape index (κ3) is 4.21. The molecule has 1 N–H and O–H groups in total. The Hall–Kier alpha value is -2.94. The number of hydrogen-bond acceptors (Lipinski definition) is 7. The van der Waals surface area contributed by atoms with Gasteiger partial charge in [0.15, 0.2) is 11.4 Å². The summed E-state index contributed by atoms with van der Waals surface area (Å²) in [6.45, 7) is 6.45. The van der Waals surface area contributed by atoms with Crippen LogP contribution in [-0.2, 0) is 0 Å². The molecule has 33 heavy (non-hydrogen) atoms. The monoisotopic (exact) mass is 502 g/mol. The summed E-state index contributed by atoms with van der Waals surface area (Å²) in [7, 11) is 0. The molecule has 0 bridgehead atoms. The lowest BCUT2D eigenvalue weighted by Crippen LogP contribution is -2.13. The maximum absolute atomic E-state index is 12.8. The van der Waals surface area contributed by atoms with Gasteiger partial charge in [0.05, 0.1) is 27.0 Å². The van der Waals surface area contributed by atoms with E-state index < -0.39 is 0 Å². The molecule has 1 aromatic carbocycles. The molecular formula is C22H17Cl3N6O2. The Morgan fingerprint density at radius 1 is 1.21 bits per heavy atom. The predicted octanol–water partition coefficient (Wildman–Crippen LogP) is 5.41. The minimum Gasteiger partial charge on any atom is -0.389 e. The molecular weight excluding hydrogens is 487 g/mol. The van der Waals surface area contributed by atoms with Crippen molar-refractivity contribution in [2.45, 2.75) is 19.8 Å². The number of nitrogens with zero attached hydrogens (tertiary/aromatic N) is 5. The van der Waals surface area contributed by atoms with Crippen LogP contribution in [0, 0.1) is 12.8 Å². The SMILES string of the molecule is C=C1CC(CC(=O)c2cc(Cl)c(-c3noc(-c4cn5nc(C)cc(Cl)c5n4)n3)cc2Cl)CN1. The minimum absolute atomic E-state index is 0.0758. The highest BCUT2D eigenvalue weighted by molar-refractivity contribution is 6.37. The Labute approximate surface area is 203 Å². The molecule has 168 valence electrons. The van der Waals surface area contributed by atoms with Crippen molar-refractivity contribution >= 4 is 46.2 Å². The Morgan fingerprint density at radius 2 is 2.03 bits per heavy atom. The van der Waals surface area contributed by atoms with Crippen molar-refractivity contribution in [2.75, 3.05) is 6.54 Å². The first-order valence-electron chi connectivity index (χ1n) is 10.1. The van der Waals surface area contributed by atoms with Gasteiger partial charge in [-0.3, -0.25) is 4.79 Å². The molecule has 1 atom stereocenters. The minimum atomic E-state index is -0.0758. The van der Waals surface area contributed by atoms with Gasteiger partial charge < -0.3 is 9.84 Å². The molecule has 1 unspecified atom stereocenters. The number of carbonyl (C=O) groups excluding carboxylic acids is 1. The van der Waals surface area contributed by atoms with Gasteiger partial charge in [0.25, 0.3) is 5.89 Å². The van der Waals surface area contributed by atoms with Crippen LogP contribution in [0.4, 0.5) is 0 Å². The summed E-state index contributed by atoms with van der Waals surface area (Å²) in [6, 6.07) is 4.84. The second-order valence-electron chi connectivity index (χ2n) is 7.94. The van der Waals surface area contributed by atoms with E-state index in [4.69, 9.17) is 39.3 Å². The average Bonchev–Trinajstić information content (AvgIpc) is 3.49. The topological polar surface area (TPSA) is 98.2 Å². The van der Waals surface area contributed by atoms with Crippen LogP contribution >= 0.6 is 34.8 Å². The van der Waals surface area contributed by atoms with E-state index in [1.807, 2.05) is 6.92 Å². The Balaban J connectivity index is 1.42. The Bertz CT molecular complexity index is 1430. The van der Waals surface area contributed by atoms with Crippen molar-refractivity contribution in [3.8, 4) is 23.0 Å². The van der Waals surface area contributed by atoms with E-state index in [0.29, 0.717) is 38.9 Å². The van der Waals surface area contributed by atoms with E-state index >= 15 is 0 Å². The quantitative estimate of drug-likeness (QED) is 0.364. The van der Waals surface area contributed by atoms with E-state index in [2.05, 4.69) is 32.1 Å². The number of benzene rings is 1. The van der Waals surface area contributed by atoms with Crippen molar-refractivity contribution < 1.29 is 9.32 Å². The lowest BCUT2D eigenvalue weighted by atomic mass is 9.96. The molecule has 1 aliphatic rings. The number of halogens is 3. The summed E-state index contributed by atoms with van der Waals surface area (Å²) < 4.78 is 6.94. The van der Waals surface area contributed by atoms with Crippen molar-refractivity contribution in [3.05, 3.63) is 63.0 Å². The van der Waals surface area contributed by atoms with Gasteiger partial charge in [0.1, 0.15) is 5.69 Å². The highest BCUT2D eigenvalue weighted by Gasteiger charge is 2.24. The number of aryl methyl sites for hydroxylation is 1. The summed E-state index contributed by atoms with van der Waals surface area (Å²) in [5, 5.41) is 12.5. The van der Waals surface area contributed by atoms with Crippen molar-refractivity contribution in [3.63, 3.8) is 0 Å². The molecule has 0 spiro atoms. The number of carbonyl (C=O) groups is 1. The fraction of sp³-hybridized carbons (Fsp3) is 0.227. The first kappa shape index (κ1) is 21.9. The standard InChI is InChI=1S/C22H17Cl3N6O2/c1-10-3-12(8-26-10)5-19(32)13-6-16(24)14(7-15(13)23)20-28-22(33-30-20)18-9-31-21(27-18)17(25)4-11(2)29-31/h4,6-7,9,12,26H,1,3,5,8H2,2H3. The Kier molecular flexibility index (Phi) is 5.60. The van der Waals surface area contributed by atoms with Gasteiger partial charge in [0, 0.05) is 29.8 Å². The molecule has 1 aliphatic heterocycles. The number of fused-ring (bicyclic) bond motifs is 1. The molecule has 4 heterocycles. The van der Waals surface area contributed by atoms with Crippen LogP contribution < -0.4 is 5.32 Å². The molecule has 1 saturated heterocycles. The number of ketones is 1. The number of hydrogen-bond donors (Lipinski definition) is 1. The summed E-state index contributed by atoms with van der Waals surface area (Å²) in [5.41, 5.74) is 3.38. The molecule has 3 aromatic heterocycles. The van der Waals surface area contributed by atoms with Gasteiger partial charge in [-0.1, -0.05) is 46.5 Å². The van der Waals surface area contributed by atoms with Gasteiger partial charge in [-0.2, -0.15) is 10.1 Å². The smallest absolute Gasteiger partial charge is 0.278 e. The van der Waals surface area contributed by atoms with Crippen LogP contribution in [0.5, 0.6) is 0 Å². The predicted molar refractivity (Wildman–Crippen MR) is 126 cm³/mol. The maximum atomic E-state index is 12.8. The zero-order valence-corrected chi connectivity index (χ0v) is 19.7. The second-order valence-corrected chi connectivity index (χ2v) is 9.17. The molecule has 0 radical (unpaired) electrons. The maximum Gasteiger partial charge on any atom is 0.278 e. The Morgan fingerprint density at radius 3 is 2.79 bits per heavy atom. The first-order valence-corrected chi connectivity index (χ1v) is 11.2. The number of nitrogens with one attached hydrogen (secondary N) is 1. The van der Waals surface area contributed by atoms with E-state index in [9.17, 15) is 4.79 Å². The highest BCUT2D eigenvalue weighted by Crippen LogP contribution is 2.34. The number of imidazole rings is 1. The number of allylic oxidation sites excluding steroid dienone is 1. The largest absolute Gasteiger partial charge is 0.389 e. The molecule has 0 amide bonds. The van der Waals surface area contributed by atoms with Gasteiger partial charge in [-0.15, -0.1) is 0 Å². The molecule has 0 aliphatic carbocycles. The summed E-state index contributed by atoms with van der Waals surface area (Å²) >= 11 is 19.1. The average molecular weight is 504 g/mol. The normalized spacial score (nSPS) is 15.9. The van der Waals surface area contributed by atoms with E-state index in [-0.39, 0.29) is 28.4 Å². The van der Waals surface area contributed by atoms with Gasteiger partial charge >= 0.3 is 0 Å². The van der Waals surface area contributed by atoms with Crippen LogP contribution in [0.1, 0.15) is 28.9 Å². The van der Waals surface area contributed by atoms with E-state index in [1.54, 1.807) is 28.9 Å². The van der Waals surface area contributed by atoms with Crippen LogP contribution in [0.15, 0.2) is 41.2 Å². The van der Waals surface area contributed by atoms with E-state index in [0.717, 1.165) is 24.4 Å². The zero-order valence-electron chi connectivity index (χ0n) is 17.4. The molecule has 5 rings (SSSR count). The highest BCUT2D eigenvalue weighted by atomic mass is 35.5. The number of aromatic nitrogens is 5. The molecule has 4 aromatic rings. The molecule has 11 heteroatoms. The van der Waals surface area contributed by atoms with Crippen LogP contribution in [0.25, 0.3) is 28.6 Å². The van der Waals surface area contributed by atoms with E-state index in [1.165, 1.54) is 0 Å².